The molecule has 0 spiro atoms. The molecule has 0 unspecified atom stereocenters. The van der Waals surface area contributed by atoms with Crippen molar-refractivity contribution >= 4 is 11.7 Å². The van der Waals surface area contributed by atoms with E-state index in [0.717, 1.165) is 44.0 Å². The van der Waals surface area contributed by atoms with E-state index in [1.807, 2.05) is 24.1 Å². The molecule has 3 rings (SSSR count). The van der Waals surface area contributed by atoms with Gasteiger partial charge in [0.15, 0.2) is 0 Å². The Morgan fingerprint density at radius 1 is 1.14 bits per heavy atom. The summed E-state index contributed by atoms with van der Waals surface area (Å²) in [7, 11) is 1.94. The highest BCUT2D eigenvalue weighted by molar-refractivity contribution is 5.89. The van der Waals surface area contributed by atoms with E-state index in [9.17, 15) is 4.79 Å². The summed E-state index contributed by atoms with van der Waals surface area (Å²) in [6.07, 6.45) is 8.49. The number of rotatable bonds is 8. The summed E-state index contributed by atoms with van der Waals surface area (Å²) in [6, 6.07) is 8.75. The molecule has 1 aliphatic heterocycles. The second-order valence-electron chi connectivity index (χ2n) is 9.73. The molecule has 4 heteroatoms. The van der Waals surface area contributed by atoms with Gasteiger partial charge in [-0.2, -0.15) is 0 Å². The standard InChI is InChI=1S/C24H39N3O/c1-5-24(2,3)15-12-19-8-10-21(11-9-19)25-23(28)26(4)22-13-16-27(17-14-22)18-20-6-7-20/h8-11,20,22H,5-7,12-18H2,1-4H3,(H,25,28). The van der Waals surface area contributed by atoms with E-state index in [1.54, 1.807) is 0 Å². The summed E-state index contributed by atoms with van der Waals surface area (Å²) >= 11 is 0. The van der Waals surface area contributed by atoms with Crippen LogP contribution in [0.5, 0.6) is 0 Å². The van der Waals surface area contributed by atoms with Gasteiger partial charge in [0, 0.05) is 38.4 Å². The number of piperidine rings is 1. The molecule has 4 nitrogen and oxygen atoms in total. The van der Waals surface area contributed by atoms with Crippen LogP contribution in [-0.4, -0.2) is 48.6 Å². The number of amides is 2. The molecule has 0 radical (unpaired) electrons. The molecular formula is C24H39N3O. The first-order valence-corrected chi connectivity index (χ1v) is 11.2. The quantitative estimate of drug-likeness (QED) is 0.651. The molecule has 1 aromatic carbocycles. The molecule has 1 N–H and O–H groups in total. The predicted molar refractivity (Wildman–Crippen MR) is 118 cm³/mol. The maximum Gasteiger partial charge on any atom is 0.321 e. The van der Waals surface area contributed by atoms with E-state index in [4.69, 9.17) is 0 Å². The zero-order valence-electron chi connectivity index (χ0n) is 18.3. The molecule has 1 aromatic rings. The Morgan fingerprint density at radius 2 is 1.79 bits per heavy atom. The molecule has 156 valence electrons. The van der Waals surface area contributed by atoms with Crippen LogP contribution in [0.25, 0.3) is 0 Å². The second kappa shape index (κ2) is 9.30. The van der Waals surface area contributed by atoms with Gasteiger partial charge in [-0.05, 0) is 67.6 Å². The monoisotopic (exact) mass is 385 g/mol. The van der Waals surface area contributed by atoms with Crippen molar-refractivity contribution in [3.8, 4) is 0 Å². The lowest BCUT2D eigenvalue weighted by molar-refractivity contribution is 0.138. The van der Waals surface area contributed by atoms with Crippen LogP contribution in [0, 0.1) is 11.3 Å². The summed E-state index contributed by atoms with van der Waals surface area (Å²) in [5.74, 6) is 0.952. The largest absolute Gasteiger partial charge is 0.325 e. The predicted octanol–water partition coefficient (Wildman–Crippen LogP) is 5.39. The Labute approximate surface area is 171 Å². The Bertz CT molecular complexity index is 628. The number of benzene rings is 1. The lowest BCUT2D eigenvalue weighted by Crippen LogP contribution is -2.47. The number of aryl methyl sites for hydroxylation is 1. The highest BCUT2D eigenvalue weighted by atomic mass is 16.2. The highest BCUT2D eigenvalue weighted by Crippen LogP contribution is 2.31. The van der Waals surface area contributed by atoms with Crippen molar-refractivity contribution in [3.63, 3.8) is 0 Å². The summed E-state index contributed by atoms with van der Waals surface area (Å²) in [5, 5.41) is 3.08. The fourth-order valence-corrected chi connectivity index (χ4v) is 3.95. The molecule has 1 saturated carbocycles. The van der Waals surface area contributed by atoms with Crippen LogP contribution < -0.4 is 5.32 Å². The summed E-state index contributed by atoms with van der Waals surface area (Å²) in [6.45, 7) is 10.4. The van der Waals surface area contributed by atoms with Gasteiger partial charge in [0.25, 0.3) is 0 Å². The maximum absolute atomic E-state index is 12.7. The van der Waals surface area contributed by atoms with Crippen molar-refractivity contribution in [1.82, 2.24) is 9.80 Å². The molecule has 1 heterocycles. The minimum absolute atomic E-state index is 0.0144. The number of carbonyl (C=O) groups is 1. The van der Waals surface area contributed by atoms with Crippen molar-refractivity contribution in [2.24, 2.45) is 11.3 Å². The third-order valence-electron chi connectivity index (χ3n) is 6.89. The van der Waals surface area contributed by atoms with E-state index in [0.29, 0.717) is 11.5 Å². The Balaban J connectivity index is 1.43. The van der Waals surface area contributed by atoms with Gasteiger partial charge < -0.3 is 15.1 Å². The lowest BCUT2D eigenvalue weighted by Gasteiger charge is -2.36. The number of hydrogen-bond donors (Lipinski definition) is 1. The van der Waals surface area contributed by atoms with Gasteiger partial charge in [-0.15, -0.1) is 0 Å². The van der Waals surface area contributed by atoms with E-state index in [2.05, 4.69) is 43.1 Å². The smallest absolute Gasteiger partial charge is 0.321 e. The first-order chi connectivity index (χ1) is 13.4. The van der Waals surface area contributed by atoms with Crippen molar-refractivity contribution in [2.75, 3.05) is 32.0 Å². The maximum atomic E-state index is 12.7. The first kappa shape index (κ1) is 21.2. The van der Waals surface area contributed by atoms with Gasteiger partial charge in [0.1, 0.15) is 0 Å². The zero-order valence-corrected chi connectivity index (χ0v) is 18.3. The van der Waals surface area contributed by atoms with Crippen LogP contribution in [0.4, 0.5) is 10.5 Å². The molecular weight excluding hydrogens is 346 g/mol. The summed E-state index contributed by atoms with van der Waals surface area (Å²) < 4.78 is 0. The van der Waals surface area contributed by atoms with Crippen molar-refractivity contribution in [3.05, 3.63) is 29.8 Å². The normalized spacial score (nSPS) is 18.9. The number of anilines is 1. The number of nitrogens with one attached hydrogen (secondary N) is 1. The van der Waals surface area contributed by atoms with Crippen LogP contribution >= 0.6 is 0 Å². The van der Waals surface area contributed by atoms with Crippen LogP contribution in [0.15, 0.2) is 24.3 Å². The SMILES string of the molecule is CCC(C)(C)CCc1ccc(NC(=O)N(C)C2CCN(CC3CC3)CC2)cc1. The first-order valence-electron chi connectivity index (χ1n) is 11.2. The average Bonchev–Trinajstić information content (AvgIpc) is 3.51. The molecule has 0 aromatic heterocycles. The number of urea groups is 1. The van der Waals surface area contributed by atoms with Gasteiger partial charge in [-0.25, -0.2) is 4.79 Å². The fourth-order valence-electron chi connectivity index (χ4n) is 3.95. The zero-order chi connectivity index (χ0) is 20.1. The van der Waals surface area contributed by atoms with E-state index in [-0.39, 0.29) is 6.03 Å². The number of nitrogens with zero attached hydrogens (tertiary/aromatic N) is 2. The van der Waals surface area contributed by atoms with Crippen molar-refractivity contribution in [1.29, 1.82) is 0 Å². The minimum atomic E-state index is 0.0144. The third kappa shape index (κ3) is 6.23. The Hall–Kier alpha value is -1.55. The van der Waals surface area contributed by atoms with E-state index in [1.165, 1.54) is 37.8 Å². The number of carbonyl (C=O) groups excluding carboxylic acids is 1. The van der Waals surface area contributed by atoms with Crippen molar-refractivity contribution in [2.45, 2.75) is 71.8 Å². The molecule has 0 atom stereocenters. The van der Waals surface area contributed by atoms with Crippen LogP contribution in [0.2, 0.25) is 0 Å². The van der Waals surface area contributed by atoms with E-state index >= 15 is 0 Å². The van der Waals surface area contributed by atoms with Gasteiger partial charge in [-0.3, -0.25) is 0 Å². The molecule has 0 bridgehead atoms. The van der Waals surface area contributed by atoms with Crippen LogP contribution in [0.1, 0.15) is 64.9 Å². The topological polar surface area (TPSA) is 35.6 Å². The van der Waals surface area contributed by atoms with Gasteiger partial charge in [0.2, 0.25) is 0 Å². The lowest BCUT2D eigenvalue weighted by atomic mass is 9.84. The van der Waals surface area contributed by atoms with E-state index < -0.39 is 0 Å². The van der Waals surface area contributed by atoms with Crippen molar-refractivity contribution < 1.29 is 4.79 Å². The Kier molecular flexibility index (Phi) is 7.03. The highest BCUT2D eigenvalue weighted by Gasteiger charge is 2.29. The van der Waals surface area contributed by atoms with Crippen LogP contribution in [-0.2, 0) is 6.42 Å². The molecule has 2 fully saturated rings. The average molecular weight is 386 g/mol. The molecule has 1 aliphatic carbocycles. The van der Waals surface area contributed by atoms with Crippen LogP contribution in [0.3, 0.4) is 0 Å². The molecule has 28 heavy (non-hydrogen) atoms. The van der Waals surface area contributed by atoms with Gasteiger partial charge >= 0.3 is 6.03 Å². The third-order valence-corrected chi connectivity index (χ3v) is 6.89. The Morgan fingerprint density at radius 3 is 2.36 bits per heavy atom. The summed E-state index contributed by atoms with van der Waals surface area (Å²) in [5.41, 5.74) is 2.63. The molecule has 2 aliphatic rings. The second-order valence-corrected chi connectivity index (χ2v) is 9.73. The molecule has 1 saturated heterocycles. The van der Waals surface area contributed by atoms with Gasteiger partial charge in [0.05, 0.1) is 0 Å². The molecule has 2 amide bonds. The fraction of sp³-hybridized carbons (Fsp3) is 0.708. The van der Waals surface area contributed by atoms with Gasteiger partial charge in [-0.1, -0.05) is 39.3 Å². The summed E-state index contributed by atoms with van der Waals surface area (Å²) in [4.78, 5) is 17.2. The number of likely N-dealkylation sites (tertiary alicyclic amines) is 1. The minimum Gasteiger partial charge on any atom is -0.325 e. The number of hydrogen-bond acceptors (Lipinski definition) is 2.